The minimum absolute atomic E-state index is 0.148. The smallest absolute Gasteiger partial charge is 0.118 e. The van der Waals surface area contributed by atoms with E-state index in [4.69, 9.17) is 9.84 Å². The summed E-state index contributed by atoms with van der Waals surface area (Å²) in [6.45, 7) is 1.54. The molecule has 0 fully saturated rings. The minimum atomic E-state index is -0.470. The first-order chi connectivity index (χ1) is 8.17. The maximum Gasteiger partial charge on any atom is 0.118 e. The van der Waals surface area contributed by atoms with Gasteiger partial charge in [0.2, 0.25) is 0 Å². The van der Waals surface area contributed by atoms with Crippen LogP contribution in [0.1, 0.15) is 18.1 Å². The van der Waals surface area contributed by atoms with Crippen molar-refractivity contribution in [1.29, 1.82) is 0 Å². The first-order valence-corrected chi connectivity index (χ1v) is 5.78. The third-order valence-corrected chi connectivity index (χ3v) is 2.77. The van der Waals surface area contributed by atoms with E-state index in [0.717, 1.165) is 17.9 Å². The van der Waals surface area contributed by atoms with Gasteiger partial charge < -0.3 is 19.8 Å². The third-order valence-electron chi connectivity index (χ3n) is 2.77. The van der Waals surface area contributed by atoms with Gasteiger partial charge in [-0.05, 0) is 31.2 Å². The predicted molar refractivity (Wildman–Crippen MR) is 67.2 cm³/mol. The molecule has 2 N–H and O–H groups in total. The number of ether oxygens (including phenoxy) is 1. The molecule has 1 atom stereocenters. The van der Waals surface area contributed by atoms with Crippen LogP contribution >= 0.6 is 0 Å². The number of rotatable bonds is 7. The molecular formula is C13H21NO3. The molecule has 1 aromatic carbocycles. The number of aliphatic hydroxyl groups is 2. The van der Waals surface area contributed by atoms with E-state index in [1.165, 1.54) is 0 Å². The maximum atomic E-state index is 9.97. The Kier molecular flexibility index (Phi) is 5.97. The van der Waals surface area contributed by atoms with Gasteiger partial charge in [0.05, 0.1) is 19.8 Å². The summed E-state index contributed by atoms with van der Waals surface area (Å²) in [5.41, 5.74) is 0.892. The molecule has 0 aromatic heterocycles. The quantitative estimate of drug-likeness (QED) is 0.746. The topological polar surface area (TPSA) is 52.9 Å². The zero-order chi connectivity index (χ0) is 12.7. The molecule has 0 aliphatic rings. The highest BCUT2D eigenvalue weighted by atomic mass is 16.5. The zero-order valence-corrected chi connectivity index (χ0v) is 10.5. The van der Waals surface area contributed by atoms with Crippen molar-refractivity contribution in [2.75, 3.05) is 33.9 Å². The van der Waals surface area contributed by atoms with Crippen molar-refractivity contribution >= 4 is 0 Å². The van der Waals surface area contributed by atoms with Gasteiger partial charge in [-0.25, -0.2) is 0 Å². The highest BCUT2D eigenvalue weighted by molar-refractivity contribution is 5.28. The molecule has 0 spiro atoms. The van der Waals surface area contributed by atoms with Crippen molar-refractivity contribution in [1.82, 2.24) is 4.90 Å². The van der Waals surface area contributed by atoms with Crippen molar-refractivity contribution in [3.63, 3.8) is 0 Å². The Bertz CT molecular complexity index is 313. The molecular weight excluding hydrogens is 218 g/mol. The lowest BCUT2D eigenvalue weighted by atomic mass is 10.1. The number of benzene rings is 1. The van der Waals surface area contributed by atoms with Gasteiger partial charge >= 0.3 is 0 Å². The number of hydrogen-bond donors (Lipinski definition) is 2. The largest absolute Gasteiger partial charge is 0.497 e. The van der Waals surface area contributed by atoms with E-state index in [2.05, 4.69) is 0 Å². The molecule has 17 heavy (non-hydrogen) atoms. The lowest BCUT2D eigenvalue weighted by molar-refractivity contribution is 0.141. The predicted octanol–water partition coefficient (Wildman–Crippen LogP) is 1.04. The molecule has 1 rings (SSSR count). The van der Waals surface area contributed by atoms with E-state index in [1.807, 2.05) is 36.2 Å². The number of methoxy groups -OCH3 is 1. The van der Waals surface area contributed by atoms with Crippen molar-refractivity contribution in [3.05, 3.63) is 29.8 Å². The van der Waals surface area contributed by atoms with Crippen LogP contribution in [0.15, 0.2) is 24.3 Å². The lowest BCUT2D eigenvalue weighted by Gasteiger charge is -2.18. The van der Waals surface area contributed by atoms with Gasteiger partial charge in [0.15, 0.2) is 0 Å². The van der Waals surface area contributed by atoms with Gasteiger partial charge in [-0.3, -0.25) is 0 Å². The summed E-state index contributed by atoms with van der Waals surface area (Å²) in [6, 6.07) is 7.43. The summed E-state index contributed by atoms with van der Waals surface area (Å²) in [6.07, 6.45) is 0.185. The van der Waals surface area contributed by atoms with Crippen LogP contribution in [0.3, 0.4) is 0 Å². The molecule has 0 saturated heterocycles. The molecule has 0 bridgehead atoms. The average molecular weight is 239 g/mol. The molecule has 96 valence electrons. The van der Waals surface area contributed by atoms with E-state index in [1.54, 1.807) is 7.11 Å². The zero-order valence-electron chi connectivity index (χ0n) is 10.5. The standard InChI is InChI=1S/C13H21NO3/c1-14(9-10-15)8-7-13(16)11-3-5-12(17-2)6-4-11/h3-6,13,15-16H,7-10H2,1-2H3. The molecule has 1 aromatic rings. The van der Waals surface area contributed by atoms with E-state index < -0.39 is 6.10 Å². The van der Waals surface area contributed by atoms with Crippen LogP contribution in [-0.4, -0.2) is 49.0 Å². The third kappa shape index (κ3) is 4.73. The molecule has 0 amide bonds. The molecule has 4 nitrogen and oxygen atoms in total. The normalized spacial score (nSPS) is 12.8. The van der Waals surface area contributed by atoms with Crippen LogP contribution in [0, 0.1) is 0 Å². The Morgan fingerprint density at radius 2 is 1.88 bits per heavy atom. The second kappa shape index (κ2) is 7.27. The summed E-state index contributed by atoms with van der Waals surface area (Å²) < 4.78 is 5.06. The van der Waals surface area contributed by atoms with Gasteiger partial charge in [0.1, 0.15) is 5.75 Å². The first kappa shape index (κ1) is 14.0. The fourth-order valence-corrected chi connectivity index (χ4v) is 1.62. The Morgan fingerprint density at radius 3 is 2.41 bits per heavy atom. The van der Waals surface area contributed by atoms with Gasteiger partial charge in [-0.2, -0.15) is 0 Å². The Balaban J connectivity index is 2.43. The summed E-state index contributed by atoms with van der Waals surface area (Å²) in [5.74, 6) is 0.790. The van der Waals surface area contributed by atoms with E-state index in [9.17, 15) is 5.11 Å². The van der Waals surface area contributed by atoms with Gasteiger partial charge in [0.25, 0.3) is 0 Å². The summed E-state index contributed by atoms with van der Waals surface area (Å²) in [4.78, 5) is 1.99. The van der Waals surface area contributed by atoms with E-state index in [-0.39, 0.29) is 6.61 Å². The highest BCUT2D eigenvalue weighted by Crippen LogP contribution is 2.20. The Hall–Kier alpha value is -1.10. The van der Waals surface area contributed by atoms with Crippen LogP contribution in [0.2, 0.25) is 0 Å². The molecule has 0 aliphatic heterocycles. The summed E-state index contributed by atoms with van der Waals surface area (Å²) >= 11 is 0. The van der Waals surface area contributed by atoms with Crippen molar-refractivity contribution in [2.24, 2.45) is 0 Å². The van der Waals surface area contributed by atoms with Crippen LogP contribution in [0.25, 0.3) is 0 Å². The number of likely N-dealkylation sites (N-methyl/N-ethyl adjacent to an activating group) is 1. The van der Waals surface area contributed by atoms with Crippen LogP contribution in [0.5, 0.6) is 5.75 Å². The van der Waals surface area contributed by atoms with Gasteiger partial charge in [0, 0.05) is 13.1 Å². The molecule has 1 unspecified atom stereocenters. The van der Waals surface area contributed by atoms with Crippen molar-refractivity contribution in [2.45, 2.75) is 12.5 Å². The SMILES string of the molecule is COc1ccc(C(O)CCN(C)CCO)cc1. The summed E-state index contributed by atoms with van der Waals surface area (Å²) in [5, 5.41) is 18.7. The molecule has 0 aliphatic carbocycles. The Morgan fingerprint density at radius 1 is 1.24 bits per heavy atom. The Labute approximate surface area is 102 Å². The van der Waals surface area contributed by atoms with Crippen molar-refractivity contribution < 1.29 is 14.9 Å². The second-order valence-electron chi connectivity index (χ2n) is 4.10. The number of nitrogens with zero attached hydrogens (tertiary/aromatic N) is 1. The minimum Gasteiger partial charge on any atom is -0.497 e. The molecule has 4 heteroatoms. The monoisotopic (exact) mass is 239 g/mol. The fourth-order valence-electron chi connectivity index (χ4n) is 1.62. The molecule has 0 heterocycles. The average Bonchev–Trinajstić information content (AvgIpc) is 2.36. The fraction of sp³-hybridized carbons (Fsp3) is 0.538. The number of hydrogen-bond acceptors (Lipinski definition) is 4. The lowest BCUT2D eigenvalue weighted by Crippen LogP contribution is -2.24. The maximum absolute atomic E-state index is 9.97. The van der Waals surface area contributed by atoms with E-state index in [0.29, 0.717) is 13.0 Å². The number of aliphatic hydroxyl groups excluding tert-OH is 2. The van der Waals surface area contributed by atoms with Gasteiger partial charge in [-0.15, -0.1) is 0 Å². The summed E-state index contributed by atoms with van der Waals surface area (Å²) in [7, 11) is 3.55. The molecule has 0 radical (unpaired) electrons. The van der Waals surface area contributed by atoms with Crippen LogP contribution in [-0.2, 0) is 0 Å². The van der Waals surface area contributed by atoms with E-state index >= 15 is 0 Å². The first-order valence-electron chi connectivity index (χ1n) is 5.78. The van der Waals surface area contributed by atoms with Crippen molar-refractivity contribution in [3.8, 4) is 5.75 Å². The van der Waals surface area contributed by atoms with Crippen LogP contribution < -0.4 is 4.74 Å². The van der Waals surface area contributed by atoms with Gasteiger partial charge in [-0.1, -0.05) is 12.1 Å². The second-order valence-corrected chi connectivity index (χ2v) is 4.10. The molecule has 0 saturated carbocycles. The highest BCUT2D eigenvalue weighted by Gasteiger charge is 2.08. The van der Waals surface area contributed by atoms with Crippen LogP contribution in [0.4, 0.5) is 0 Å².